The van der Waals surface area contributed by atoms with E-state index in [1.54, 1.807) is 11.3 Å². The van der Waals surface area contributed by atoms with Crippen molar-refractivity contribution in [2.75, 3.05) is 12.4 Å². The fourth-order valence-corrected chi connectivity index (χ4v) is 3.22. The van der Waals surface area contributed by atoms with Crippen LogP contribution < -0.4 is 5.56 Å². The van der Waals surface area contributed by atoms with Crippen LogP contribution in [-0.4, -0.2) is 27.7 Å². The third-order valence-corrected chi connectivity index (χ3v) is 4.29. The molecule has 7 heteroatoms. The third kappa shape index (κ3) is 3.36. The molecule has 2 aromatic heterocycles. The topological polar surface area (TPSA) is 60.7 Å². The molecule has 0 radical (unpaired) electrons. The highest BCUT2D eigenvalue weighted by Crippen LogP contribution is 2.14. The molecule has 0 aliphatic carbocycles. The quantitative estimate of drug-likeness (QED) is 0.789. The van der Waals surface area contributed by atoms with Crippen LogP contribution >= 0.6 is 23.1 Å². The summed E-state index contributed by atoms with van der Waals surface area (Å²) in [6, 6.07) is 1.52. The molecule has 102 valence electrons. The van der Waals surface area contributed by atoms with Crippen LogP contribution in [0.2, 0.25) is 0 Å². The predicted molar refractivity (Wildman–Crippen MR) is 76.9 cm³/mol. The molecule has 0 fully saturated rings. The van der Waals surface area contributed by atoms with E-state index >= 15 is 0 Å². The lowest BCUT2D eigenvalue weighted by atomic mass is 10.4. The summed E-state index contributed by atoms with van der Waals surface area (Å²) in [7, 11) is 0. The maximum absolute atomic E-state index is 11.9. The molecule has 0 N–H and O–H groups in total. The van der Waals surface area contributed by atoms with E-state index in [1.165, 1.54) is 29.2 Å². The number of rotatable bonds is 5. The molecule has 19 heavy (non-hydrogen) atoms. The number of hydrogen-bond acceptors (Lipinski definition) is 6. The Kier molecular flexibility index (Phi) is 4.60. The first-order valence-electron chi connectivity index (χ1n) is 5.82. The van der Waals surface area contributed by atoms with Crippen LogP contribution in [0, 0.1) is 6.92 Å². The first kappa shape index (κ1) is 14.1. The van der Waals surface area contributed by atoms with Crippen molar-refractivity contribution in [3.63, 3.8) is 0 Å². The van der Waals surface area contributed by atoms with E-state index in [2.05, 4.69) is 4.98 Å². The van der Waals surface area contributed by atoms with Crippen molar-refractivity contribution in [1.29, 1.82) is 0 Å². The van der Waals surface area contributed by atoms with Crippen LogP contribution in [0.4, 0.5) is 0 Å². The van der Waals surface area contributed by atoms with Crippen molar-refractivity contribution in [2.45, 2.75) is 19.6 Å². The fraction of sp³-hybridized carbons (Fsp3) is 0.417. The highest BCUT2D eigenvalue weighted by atomic mass is 32.2. The van der Waals surface area contributed by atoms with E-state index in [0.717, 1.165) is 5.69 Å². The van der Waals surface area contributed by atoms with Gasteiger partial charge in [0, 0.05) is 22.9 Å². The molecule has 0 aromatic carbocycles. The normalized spacial score (nSPS) is 10.8. The van der Waals surface area contributed by atoms with Gasteiger partial charge in [0.15, 0.2) is 4.96 Å². The van der Waals surface area contributed by atoms with Gasteiger partial charge in [-0.05, 0) is 13.8 Å². The number of aryl methyl sites for hydroxylation is 1. The van der Waals surface area contributed by atoms with Crippen molar-refractivity contribution in [2.24, 2.45) is 0 Å². The van der Waals surface area contributed by atoms with E-state index in [-0.39, 0.29) is 17.3 Å². The Morgan fingerprint density at radius 3 is 3.11 bits per heavy atom. The molecular formula is C12H14N2O3S2. The second-order valence-corrected chi connectivity index (χ2v) is 5.70. The molecule has 0 atom stereocenters. The van der Waals surface area contributed by atoms with Crippen molar-refractivity contribution in [1.82, 2.24) is 9.38 Å². The van der Waals surface area contributed by atoms with Gasteiger partial charge in [-0.2, -0.15) is 0 Å². The number of carbonyl (C=O) groups excluding carboxylic acids is 1. The monoisotopic (exact) mass is 298 g/mol. The van der Waals surface area contributed by atoms with Crippen LogP contribution in [0.1, 0.15) is 18.3 Å². The van der Waals surface area contributed by atoms with Crippen LogP contribution in [-0.2, 0) is 15.3 Å². The van der Waals surface area contributed by atoms with E-state index in [9.17, 15) is 9.59 Å². The summed E-state index contributed by atoms with van der Waals surface area (Å²) in [5.74, 6) is 0.567. The Hall–Kier alpha value is -1.34. The number of carbonyl (C=O) groups is 1. The van der Waals surface area contributed by atoms with Gasteiger partial charge < -0.3 is 4.74 Å². The zero-order valence-electron chi connectivity index (χ0n) is 10.7. The van der Waals surface area contributed by atoms with E-state index in [1.807, 2.05) is 12.3 Å². The van der Waals surface area contributed by atoms with Gasteiger partial charge in [0.05, 0.1) is 18.1 Å². The van der Waals surface area contributed by atoms with Crippen LogP contribution in [0.25, 0.3) is 4.96 Å². The van der Waals surface area contributed by atoms with E-state index in [4.69, 9.17) is 4.74 Å². The smallest absolute Gasteiger partial charge is 0.315 e. The Morgan fingerprint density at radius 2 is 2.37 bits per heavy atom. The van der Waals surface area contributed by atoms with Gasteiger partial charge in [0.25, 0.3) is 5.56 Å². The summed E-state index contributed by atoms with van der Waals surface area (Å²) in [6.45, 7) is 4.04. The maximum atomic E-state index is 11.9. The number of esters is 1. The van der Waals surface area contributed by atoms with Gasteiger partial charge in [-0.25, -0.2) is 4.98 Å². The summed E-state index contributed by atoms with van der Waals surface area (Å²) in [4.78, 5) is 28.2. The first-order chi connectivity index (χ1) is 9.11. The lowest BCUT2D eigenvalue weighted by Gasteiger charge is -2.02. The standard InChI is InChI=1S/C12H14N2O3S2/c1-3-17-11(16)7-18-6-9-4-10(15)14-8(2)5-19-12(14)13-9/h4-5H,3,6-7H2,1-2H3. The summed E-state index contributed by atoms with van der Waals surface area (Å²) in [6.07, 6.45) is 0. The minimum Gasteiger partial charge on any atom is -0.465 e. The molecular weight excluding hydrogens is 284 g/mol. The van der Waals surface area contributed by atoms with Crippen LogP contribution in [0.5, 0.6) is 0 Å². The molecule has 2 rings (SSSR count). The SMILES string of the molecule is CCOC(=O)CSCc1cc(=O)n2c(C)csc2n1. The van der Waals surface area contributed by atoms with Gasteiger partial charge in [-0.3, -0.25) is 14.0 Å². The second-order valence-electron chi connectivity index (χ2n) is 3.88. The largest absolute Gasteiger partial charge is 0.465 e. The van der Waals surface area contributed by atoms with Gasteiger partial charge >= 0.3 is 5.97 Å². The van der Waals surface area contributed by atoms with E-state index in [0.29, 0.717) is 23.0 Å². The number of nitrogens with zero attached hydrogens (tertiary/aromatic N) is 2. The zero-order chi connectivity index (χ0) is 13.8. The summed E-state index contributed by atoms with van der Waals surface area (Å²) in [5, 5.41) is 1.90. The molecule has 0 unspecified atom stereocenters. The Labute approximate surface area is 118 Å². The predicted octanol–water partition coefficient (Wildman–Crippen LogP) is 1.86. The second kappa shape index (κ2) is 6.21. The number of ether oxygens (including phenoxy) is 1. The average molecular weight is 298 g/mol. The fourth-order valence-electron chi connectivity index (χ4n) is 1.62. The van der Waals surface area contributed by atoms with Crippen LogP contribution in [0.3, 0.4) is 0 Å². The lowest BCUT2D eigenvalue weighted by Crippen LogP contribution is -2.15. The number of fused-ring (bicyclic) bond motifs is 1. The van der Waals surface area contributed by atoms with Gasteiger partial charge in [-0.15, -0.1) is 23.1 Å². The average Bonchev–Trinajstić information content (AvgIpc) is 2.72. The summed E-state index contributed by atoms with van der Waals surface area (Å²) in [5.41, 5.74) is 1.51. The van der Waals surface area contributed by atoms with Gasteiger partial charge in [-0.1, -0.05) is 0 Å². The van der Waals surface area contributed by atoms with Gasteiger partial charge in [0.1, 0.15) is 0 Å². The number of thiazole rings is 1. The molecule has 2 aromatic rings. The Bertz CT molecular complexity index is 648. The molecule has 0 amide bonds. The van der Waals surface area contributed by atoms with Gasteiger partial charge in [0.2, 0.25) is 0 Å². The van der Waals surface area contributed by atoms with Crippen molar-refractivity contribution < 1.29 is 9.53 Å². The molecule has 0 saturated heterocycles. The molecule has 0 aliphatic rings. The molecule has 5 nitrogen and oxygen atoms in total. The van der Waals surface area contributed by atoms with Crippen molar-refractivity contribution in [3.8, 4) is 0 Å². The summed E-state index contributed by atoms with van der Waals surface area (Å²) < 4.78 is 6.42. The molecule has 0 spiro atoms. The first-order valence-corrected chi connectivity index (χ1v) is 7.85. The minimum absolute atomic E-state index is 0.0736. The van der Waals surface area contributed by atoms with Crippen molar-refractivity contribution >= 4 is 34.0 Å². The Morgan fingerprint density at radius 1 is 1.58 bits per heavy atom. The summed E-state index contributed by atoms with van der Waals surface area (Å²) >= 11 is 2.84. The van der Waals surface area contributed by atoms with E-state index < -0.39 is 0 Å². The number of hydrogen-bond donors (Lipinski definition) is 0. The maximum Gasteiger partial charge on any atom is 0.315 e. The third-order valence-electron chi connectivity index (χ3n) is 2.40. The zero-order valence-corrected chi connectivity index (χ0v) is 12.3. The number of thioether (sulfide) groups is 1. The Balaban J connectivity index is 2.06. The number of aromatic nitrogens is 2. The van der Waals surface area contributed by atoms with Crippen molar-refractivity contribution in [3.05, 3.63) is 33.2 Å². The lowest BCUT2D eigenvalue weighted by molar-refractivity contribution is -0.139. The molecule has 0 bridgehead atoms. The minimum atomic E-state index is -0.239. The molecule has 0 aliphatic heterocycles. The molecule has 2 heterocycles. The molecule has 0 saturated carbocycles. The highest BCUT2D eigenvalue weighted by molar-refractivity contribution is 7.99. The highest BCUT2D eigenvalue weighted by Gasteiger charge is 2.07. The van der Waals surface area contributed by atoms with Crippen LogP contribution in [0.15, 0.2) is 16.2 Å².